The summed E-state index contributed by atoms with van der Waals surface area (Å²) in [5.41, 5.74) is 0. The Bertz CT molecular complexity index is 689. The van der Waals surface area contributed by atoms with Gasteiger partial charge >= 0.3 is 0 Å². The third kappa shape index (κ3) is 7.54. The van der Waals surface area contributed by atoms with E-state index < -0.39 is 0 Å². The lowest BCUT2D eigenvalue weighted by Crippen LogP contribution is -2.01. The minimum Gasteiger partial charge on any atom is -0.494 e. The first-order valence-electron chi connectivity index (χ1n) is 10.3. The molecule has 0 aliphatic rings. The van der Waals surface area contributed by atoms with Crippen LogP contribution < -0.4 is 9.47 Å². The molecule has 2 aromatic carbocycles. The maximum Gasteiger partial charge on any atom is 0.138 e. The molecule has 0 N–H and O–H groups in total. The third-order valence-corrected chi connectivity index (χ3v) is 6.26. The summed E-state index contributed by atoms with van der Waals surface area (Å²) in [4.78, 5) is 0.616. The van der Waals surface area contributed by atoms with E-state index in [9.17, 15) is 0 Å². The normalized spacial score (nSPS) is 12.3. The molecule has 1 unspecified atom stereocenters. The number of benzene rings is 2. The van der Waals surface area contributed by atoms with Crippen molar-refractivity contribution in [3.05, 3.63) is 35.4 Å². The van der Waals surface area contributed by atoms with E-state index in [-0.39, 0.29) is 0 Å². The van der Waals surface area contributed by atoms with Crippen LogP contribution in [-0.2, 0) is 0 Å². The highest BCUT2D eigenvalue weighted by molar-refractivity contribution is 9.09. The molecule has 0 saturated carbocycles. The van der Waals surface area contributed by atoms with Crippen LogP contribution in [0.1, 0.15) is 65.2 Å². The molecule has 2 rings (SSSR count). The van der Waals surface area contributed by atoms with Crippen molar-refractivity contribution in [2.45, 2.75) is 70.0 Å². The fourth-order valence-corrected chi connectivity index (χ4v) is 3.64. The quantitative estimate of drug-likeness (QED) is 0.224. The monoisotopic (exact) mass is 454 g/mol. The van der Waals surface area contributed by atoms with E-state index in [0.717, 1.165) is 48.1 Å². The zero-order valence-electron chi connectivity index (χ0n) is 16.6. The van der Waals surface area contributed by atoms with E-state index in [2.05, 4.69) is 41.9 Å². The predicted molar refractivity (Wildman–Crippen MR) is 121 cm³/mol. The predicted octanol–water partition coefficient (Wildman–Crippen LogP) is 8.17. The Morgan fingerprint density at radius 1 is 0.926 bits per heavy atom. The van der Waals surface area contributed by atoms with Crippen LogP contribution in [0.4, 0.5) is 0 Å². The molecule has 2 nitrogen and oxygen atoms in total. The molecule has 0 aliphatic carbocycles. The molecular weight excluding hydrogens is 424 g/mol. The second-order valence-electron chi connectivity index (χ2n) is 7.02. The van der Waals surface area contributed by atoms with Crippen molar-refractivity contribution >= 4 is 38.3 Å². The lowest BCUT2D eigenvalue weighted by molar-refractivity contribution is 0.304. The van der Waals surface area contributed by atoms with E-state index in [1.54, 1.807) is 0 Å². The first-order valence-corrected chi connectivity index (χ1v) is 11.6. The number of fused-ring (bicyclic) bond motifs is 1. The Kier molecular flexibility index (Phi) is 10.4. The fourth-order valence-electron chi connectivity index (χ4n) is 3.02. The van der Waals surface area contributed by atoms with Crippen molar-refractivity contribution in [2.24, 2.45) is 0 Å². The van der Waals surface area contributed by atoms with Gasteiger partial charge in [-0.15, -0.1) is 0 Å². The highest BCUT2D eigenvalue weighted by Gasteiger charge is 2.08. The Labute approximate surface area is 177 Å². The van der Waals surface area contributed by atoms with Crippen LogP contribution in [0.5, 0.6) is 11.5 Å². The molecule has 1 atom stereocenters. The van der Waals surface area contributed by atoms with Gasteiger partial charge in [0, 0.05) is 10.2 Å². The van der Waals surface area contributed by atoms with Gasteiger partial charge in [0.15, 0.2) is 0 Å². The highest BCUT2D eigenvalue weighted by Crippen LogP contribution is 2.34. The van der Waals surface area contributed by atoms with E-state index in [0.29, 0.717) is 16.5 Å². The van der Waals surface area contributed by atoms with E-state index in [1.165, 1.54) is 32.1 Å². The lowest BCUT2D eigenvalue weighted by atomic mass is 10.1. The van der Waals surface area contributed by atoms with Crippen molar-refractivity contribution in [2.75, 3.05) is 13.2 Å². The summed E-state index contributed by atoms with van der Waals surface area (Å²) < 4.78 is 11.8. The number of unbranched alkanes of at least 4 members (excludes halogenated alkanes) is 4. The Morgan fingerprint density at radius 2 is 1.70 bits per heavy atom. The molecule has 2 aromatic rings. The molecular formula is C23H32BrClO2. The summed E-state index contributed by atoms with van der Waals surface area (Å²) in [6.07, 6.45) is 9.41. The maximum atomic E-state index is 6.57. The molecule has 0 amide bonds. The van der Waals surface area contributed by atoms with Crippen LogP contribution in [-0.4, -0.2) is 18.0 Å². The molecule has 150 valence electrons. The smallest absolute Gasteiger partial charge is 0.138 e. The van der Waals surface area contributed by atoms with Crippen molar-refractivity contribution in [3.8, 4) is 11.5 Å². The van der Waals surface area contributed by atoms with Gasteiger partial charge in [-0.25, -0.2) is 0 Å². The summed E-state index contributed by atoms with van der Waals surface area (Å²) >= 11 is 10.2. The largest absolute Gasteiger partial charge is 0.494 e. The van der Waals surface area contributed by atoms with Crippen LogP contribution in [0.25, 0.3) is 10.8 Å². The lowest BCUT2D eigenvalue weighted by Gasteiger charge is -2.12. The van der Waals surface area contributed by atoms with Crippen molar-refractivity contribution < 1.29 is 9.47 Å². The number of ether oxygens (including phenoxy) is 2. The molecule has 0 spiro atoms. The first kappa shape index (κ1) is 22.4. The number of halogens is 2. The van der Waals surface area contributed by atoms with Gasteiger partial charge in [0.1, 0.15) is 11.5 Å². The van der Waals surface area contributed by atoms with Crippen LogP contribution in [0.2, 0.25) is 5.02 Å². The van der Waals surface area contributed by atoms with Crippen molar-refractivity contribution in [3.63, 3.8) is 0 Å². The van der Waals surface area contributed by atoms with Crippen molar-refractivity contribution in [1.29, 1.82) is 0 Å². The summed E-state index contributed by atoms with van der Waals surface area (Å²) in [7, 11) is 0. The van der Waals surface area contributed by atoms with Gasteiger partial charge in [-0.1, -0.05) is 66.7 Å². The topological polar surface area (TPSA) is 18.5 Å². The molecule has 27 heavy (non-hydrogen) atoms. The van der Waals surface area contributed by atoms with Gasteiger partial charge in [0.2, 0.25) is 0 Å². The molecule has 0 aromatic heterocycles. The molecule has 0 radical (unpaired) electrons. The van der Waals surface area contributed by atoms with Crippen LogP contribution in [0.3, 0.4) is 0 Å². The minimum atomic E-state index is 0.616. The molecule has 0 bridgehead atoms. The van der Waals surface area contributed by atoms with Gasteiger partial charge in [-0.2, -0.15) is 0 Å². The second kappa shape index (κ2) is 12.5. The molecule has 4 heteroatoms. The minimum absolute atomic E-state index is 0.616. The summed E-state index contributed by atoms with van der Waals surface area (Å²) in [5, 5.41) is 2.79. The number of rotatable bonds is 13. The second-order valence-corrected chi connectivity index (χ2v) is 8.69. The maximum absolute atomic E-state index is 6.57. The van der Waals surface area contributed by atoms with Crippen LogP contribution in [0, 0.1) is 0 Å². The molecule has 0 fully saturated rings. The van der Waals surface area contributed by atoms with Gasteiger partial charge in [0.25, 0.3) is 0 Å². The average Bonchev–Trinajstić information content (AvgIpc) is 2.69. The van der Waals surface area contributed by atoms with Crippen LogP contribution >= 0.6 is 27.5 Å². The number of hydrogen-bond donors (Lipinski definition) is 0. The Morgan fingerprint density at radius 3 is 2.48 bits per heavy atom. The standard InChI is InChI=1S/C23H32BrClO2/c1-3-5-6-8-15-26-20-12-13-21-18(17-20)11-14-22(23(21)25)27-16-9-7-10-19(24)4-2/h11-14,17,19H,3-10,15-16H2,1-2H3. The van der Waals surface area contributed by atoms with E-state index in [1.807, 2.05) is 18.2 Å². The SMILES string of the molecule is CCCCCCOc1ccc2c(Cl)c(OCCCCC(Br)CC)ccc2c1. The summed E-state index contributed by atoms with van der Waals surface area (Å²) in [5.74, 6) is 1.67. The van der Waals surface area contributed by atoms with E-state index >= 15 is 0 Å². The Balaban J connectivity index is 1.87. The summed E-state index contributed by atoms with van der Waals surface area (Å²) in [6, 6.07) is 10.1. The Hall–Kier alpha value is -0.930. The van der Waals surface area contributed by atoms with Crippen LogP contribution in [0.15, 0.2) is 30.3 Å². The van der Waals surface area contributed by atoms with Crippen molar-refractivity contribution in [1.82, 2.24) is 0 Å². The summed E-state index contributed by atoms with van der Waals surface area (Å²) in [6.45, 7) is 5.89. The number of alkyl halides is 1. The fraction of sp³-hybridized carbons (Fsp3) is 0.565. The molecule has 0 heterocycles. The third-order valence-electron chi connectivity index (χ3n) is 4.77. The zero-order chi connectivity index (χ0) is 19.5. The highest BCUT2D eigenvalue weighted by atomic mass is 79.9. The van der Waals surface area contributed by atoms with Gasteiger partial charge in [-0.3, -0.25) is 0 Å². The van der Waals surface area contributed by atoms with Gasteiger partial charge in [0.05, 0.1) is 18.2 Å². The van der Waals surface area contributed by atoms with E-state index in [4.69, 9.17) is 21.1 Å². The zero-order valence-corrected chi connectivity index (χ0v) is 18.9. The van der Waals surface area contributed by atoms with Gasteiger partial charge < -0.3 is 9.47 Å². The number of hydrogen-bond acceptors (Lipinski definition) is 2. The average molecular weight is 456 g/mol. The van der Waals surface area contributed by atoms with Gasteiger partial charge in [-0.05, 0) is 61.8 Å². The molecule has 0 saturated heterocycles. The first-order chi connectivity index (χ1) is 13.2. The molecule has 0 aliphatic heterocycles.